The fourth-order valence-corrected chi connectivity index (χ4v) is 3.88. The maximum Gasteiger partial charge on any atom is 0.303 e. The second kappa shape index (κ2) is 9.39. The first kappa shape index (κ1) is 21.2. The first-order valence-corrected chi connectivity index (χ1v) is 10.4. The molecule has 7 heteroatoms. The summed E-state index contributed by atoms with van der Waals surface area (Å²) in [6, 6.07) is 11.5. The van der Waals surface area contributed by atoms with E-state index < -0.39 is 17.6 Å². The summed E-state index contributed by atoms with van der Waals surface area (Å²) in [5.41, 5.74) is 3.49. The van der Waals surface area contributed by atoms with Gasteiger partial charge in [-0.05, 0) is 61.2 Å². The predicted molar refractivity (Wildman–Crippen MR) is 112 cm³/mol. The molecule has 0 saturated heterocycles. The van der Waals surface area contributed by atoms with Crippen LogP contribution in [0.25, 0.3) is 11.5 Å². The second-order valence-electron chi connectivity index (χ2n) is 7.89. The van der Waals surface area contributed by atoms with Gasteiger partial charge in [0.25, 0.3) is 0 Å². The van der Waals surface area contributed by atoms with Crippen molar-refractivity contribution in [3.05, 3.63) is 76.7 Å². The Balaban J connectivity index is 1.36. The van der Waals surface area contributed by atoms with Crippen LogP contribution >= 0.6 is 0 Å². The number of hydrogen-bond acceptors (Lipinski definition) is 4. The van der Waals surface area contributed by atoms with E-state index in [9.17, 15) is 13.6 Å². The summed E-state index contributed by atoms with van der Waals surface area (Å²) < 4.78 is 32.6. The number of carbonyl (C=O) groups is 1. The Morgan fingerprint density at radius 2 is 1.77 bits per heavy atom. The largest absolute Gasteiger partial charge is 0.481 e. The first-order valence-electron chi connectivity index (χ1n) is 10.4. The van der Waals surface area contributed by atoms with Gasteiger partial charge in [0.15, 0.2) is 0 Å². The van der Waals surface area contributed by atoms with Crippen LogP contribution in [-0.2, 0) is 30.6 Å². The van der Waals surface area contributed by atoms with Crippen molar-refractivity contribution in [2.24, 2.45) is 0 Å². The molecule has 1 N–H and O–H groups in total. The third-order valence-corrected chi connectivity index (χ3v) is 5.50. The summed E-state index contributed by atoms with van der Waals surface area (Å²) in [6.07, 6.45) is 2.79. The maximum atomic E-state index is 13.3. The van der Waals surface area contributed by atoms with Crippen LogP contribution in [0.1, 0.15) is 35.4 Å². The zero-order chi connectivity index (χ0) is 21.8. The van der Waals surface area contributed by atoms with Crippen molar-refractivity contribution in [1.29, 1.82) is 0 Å². The monoisotopic (exact) mass is 426 g/mol. The summed E-state index contributed by atoms with van der Waals surface area (Å²) in [5, 5.41) is 8.79. The molecule has 0 radical (unpaired) electrons. The summed E-state index contributed by atoms with van der Waals surface area (Å²) in [6.45, 7) is 2.24. The Morgan fingerprint density at radius 3 is 2.48 bits per heavy atom. The van der Waals surface area contributed by atoms with Crippen molar-refractivity contribution in [2.45, 2.75) is 38.6 Å². The van der Waals surface area contributed by atoms with Gasteiger partial charge in [-0.25, -0.2) is 13.8 Å². The average Bonchev–Trinajstić information content (AvgIpc) is 3.15. The molecule has 2 heterocycles. The third-order valence-electron chi connectivity index (χ3n) is 5.50. The van der Waals surface area contributed by atoms with Crippen LogP contribution in [0, 0.1) is 11.6 Å². The molecule has 1 aliphatic rings. The minimum absolute atomic E-state index is 0.175. The molecule has 0 spiro atoms. The zero-order valence-corrected chi connectivity index (χ0v) is 17.1. The lowest BCUT2D eigenvalue weighted by atomic mass is 10.0. The molecule has 0 bridgehead atoms. The molecule has 1 aromatic heterocycles. The number of halogens is 2. The topological polar surface area (TPSA) is 66.6 Å². The van der Waals surface area contributed by atoms with Gasteiger partial charge in [-0.2, -0.15) is 0 Å². The van der Waals surface area contributed by atoms with Gasteiger partial charge in [-0.3, -0.25) is 9.69 Å². The standard InChI is InChI=1S/C24H24F2N2O3/c25-19-12-17(13-20(26)14-19)4-3-16-5-7-18(8-6-16)24-27-21-15-28(10-1-2-23(29)30)11-9-22(21)31-24/h5-8,12-14H,1-4,9-11,15H2,(H,29,30). The Labute approximate surface area is 179 Å². The molecule has 2 aromatic carbocycles. The SMILES string of the molecule is O=C(O)CCCN1CCc2oc(-c3ccc(CCc4cc(F)cc(F)c4)cc3)nc2C1. The van der Waals surface area contributed by atoms with E-state index in [1.165, 1.54) is 12.1 Å². The minimum atomic E-state index is -0.770. The van der Waals surface area contributed by atoms with Gasteiger partial charge in [0, 0.05) is 37.6 Å². The molecule has 31 heavy (non-hydrogen) atoms. The van der Waals surface area contributed by atoms with Gasteiger partial charge < -0.3 is 9.52 Å². The van der Waals surface area contributed by atoms with Gasteiger partial charge in [0.1, 0.15) is 17.4 Å². The lowest BCUT2D eigenvalue weighted by Crippen LogP contribution is -2.31. The van der Waals surface area contributed by atoms with Crippen molar-refractivity contribution < 1.29 is 23.1 Å². The number of benzene rings is 2. The quantitative estimate of drug-likeness (QED) is 0.569. The Morgan fingerprint density at radius 1 is 1.06 bits per heavy atom. The minimum Gasteiger partial charge on any atom is -0.481 e. The van der Waals surface area contributed by atoms with Crippen molar-refractivity contribution in [1.82, 2.24) is 9.88 Å². The van der Waals surface area contributed by atoms with Crippen LogP contribution in [0.15, 0.2) is 46.9 Å². The van der Waals surface area contributed by atoms with E-state index in [4.69, 9.17) is 9.52 Å². The number of aliphatic carboxylic acids is 1. The molecule has 0 unspecified atom stereocenters. The molecule has 0 aliphatic carbocycles. The molecule has 0 amide bonds. The summed E-state index contributed by atoms with van der Waals surface area (Å²) in [4.78, 5) is 17.5. The van der Waals surface area contributed by atoms with Crippen LogP contribution in [0.2, 0.25) is 0 Å². The van der Waals surface area contributed by atoms with Crippen molar-refractivity contribution in [3.8, 4) is 11.5 Å². The van der Waals surface area contributed by atoms with Crippen LogP contribution in [0.3, 0.4) is 0 Å². The number of hydrogen-bond donors (Lipinski definition) is 1. The molecule has 0 fully saturated rings. The smallest absolute Gasteiger partial charge is 0.303 e. The second-order valence-corrected chi connectivity index (χ2v) is 7.89. The highest BCUT2D eigenvalue weighted by molar-refractivity contribution is 5.66. The number of aromatic nitrogens is 1. The van der Waals surface area contributed by atoms with E-state index in [2.05, 4.69) is 9.88 Å². The predicted octanol–water partition coefficient (Wildman–Crippen LogP) is 4.63. The van der Waals surface area contributed by atoms with Crippen molar-refractivity contribution >= 4 is 5.97 Å². The number of aryl methyl sites for hydroxylation is 2. The van der Waals surface area contributed by atoms with E-state index >= 15 is 0 Å². The zero-order valence-electron chi connectivity index (χ0n) is 17.1. The maximum absolute atomic E-state index is 13.3. The summed E-state index contributed by atoms with van der Waals surface area (Å²) in [5.74, 6) is -0.414. The Bertz CT molecular complexity index is 1040. The van der Waals surface area contributed by atoms with Crippen LogP contribution in [0.4, 0.5) is 8.78 Å². The summed E-state index contributed by atoms with van der Waals surface area (Å²) in [7, 11) is 0. The van der Waals surface area contributed by atoms with Gasteiger partial charge >= 0.3 is 5.97 Å². The highest BCUT2D eigenvalue weighted by atomic mass is 19.1. The highest BCUT2D eigenvalue weighted by Gasteiger charge is 2.22. The summed E-state index contributed by atoms with van der Waals surface area (Å²) >= 11 is 0. The van der Waals surface area contributed by atoms with Crippen molar-refractivity contribution in [3.63, 3.8) is 0 Å². The van der Waals surface area contributed by atoms with E-state index in [1.807, 2.05) is 24.3 Å². The molecular weight excluding hydrogens is 402 g/mol. The van der Waals surface area contributed by atoms with Crippen LogP contribution < -0.4 is 0 Å². The number of rotatable bonds is 8. The van der Waals surface area contributed by atoms with E-state index in [0.717, 1.165) is 48.2 Å². The van der Waals surface area contributed by atoms with Crippen LogP contribution in [0.5, 0.6) is 0 Å². The third kappa shape index (κ3) is 5.55. The fraction of sp³-hybridized carbons (Fsp3) is 0.333. The lowest BCUT2D eigenvalue weighted by molar-refractivity contribution is -0.137. The number of fused-ring (bicyclic) bond motifs is 1. The number of carboxylic acids is 1. The van der Waals surface area contributed by atoms with Gasteiger partial charge in [0.05, 0.1) is 5.69 Å². The molecule has 1 aliphatic heterocycles. The van der Waals surface area contributed by atoms with E-state index in [0.29, 0.717) is 37.3 Å². The molecule has 0 saturated carbocycles. The lowest BCUT2D eigenvalue weighted by Gasteiger charge is -2.24. The van der Waals surface area contributed by atoms with Gasteiger partial charge in [-0.1, -0.05) is 12.1 Å². The first-order chi connectivity index (χ1) is 15.0. The van der Waals surface area contributed by atoms with E-state index in [1.54, 1.807) is 0 Å². The Hall–Kier alpha value is -3.06. The molecular formula is C24H24F2N2O3. The van der Waals surface area contributed by atoms with Crippen LogP contribution in [-0.4, -0.2) is 34.0 Å². The van der Waals surface area contributed by atoms with E-state index in [-0.39, 0.29) is 6.42 Å². The molecule has 4 rings (SSSR count). The number of carboxylic acid groups (broad SMARTS) is 1. The molecule has 5 nitrogen and oxygen atoms in total. The van der Waals surface area contributed by atoms with Gasteiger partial charge in [-0.15, -0.1) is 0 Å². The van der Waals surface area contributed by atoms with Gasteiger partial charge in [0.2, 0.25) is 5.89 Å². The molecule has 162 valence electrons. The average molecular weight is 426 g/mol. The highest BCUT2D eigenvalue weighted by Crippen LogP contribution is 2.27. The number of nitrogens with zero attached hydrogens (tertiary/aromatic N) is 2. The molecule has 3 aromatic rings. The van der Waals surface area contributed by atoms with Crippen molar-refractivity contribution in [2.75, 3.05) is 13.1 Å². The Kier molecular flexibility index (Phi) is 6.42. The normalized spacial score (nSPS) is 13.9. The molecule has 0 atom stereocenters. The fourth-order valence-electron chi connectivity index (χ4n) is 3.88. The number of oxazole rings is 1.